The predicted molar refractivity (Wildman–Crippen MR) is 242 cm³/mol. The van der Waals surface area contributed by atoms with Crippen molar-refractivity contribution in [2.45, 2.75) is 0 Å². The molecule has 4 heterocycles. The average molecular weight is 754 g/mol. The van der Waals surface area contributed by atoms with Gasteiger partial charge in [-0.2, -0.15) is 0 Å². The van der Waals surface area contributed by atoms with Gasteiger partial charge in [0.25, 0.3) is 0 Å². The molecule has 0 amide bonds. The zero-order valence-electron chi connectivity index (χ0n) is 31.9. The van der Waals surface area contributed by atoms with Gasteiger partial charge >= 0.3 is 0 Å². The molecule has 59 heavy (non-hydrogen) atoms. The fraction of sp³-hybridized carbons (Fsp3) is 0. The van der Waals surface area contributed by atoms with Gasteiger partial charge in [0, 0.05) is 33.8 Å². The second-order valence-electron chi connectivity index (χ2n) is 14.7. The number of fused-ring (bicyclic) bond motifs is 5. The van der Waals surface area contributed by atoms with Gasteiger partial charge in [0.15, 0.2) is 5.82 Å². The quantitative estimate of drug-likeness (QED) is 0.163. The SMILES string of the molecule is c1ccc(-c2cccc(-c3cc(-c4cccc(-c5ccccc5)c4)nc(-c4ccc(-c5ccc(-c6nc7ccccc7c7nc8ccccn8c67)cc5)cc4)n3)c2)cc1. The van der Waals surface area contributed by atoms with Crippen LogP contribution in [0.2, 0.25) is 0 Å². The Kier molecular flexibility index (Phi) is 8.41. The van der Waals surface area contributed by atoms with Gasteiger partial charge < -0.3 is 0 Å². The van der Waals surface area contributed by atoms with Crippen LogP contribution in [-0.4, -0.2) is 24.3 Å². The minimum atomic E-state index is 0.675. The van der Waals surface area contributed by atoms with Crippen LogP contribution in [0.4, 0.5) is 0 Å². The summed E-state index contributed by atoms with van der Waals surface area (Å²) in [5, 5.41) is 1.05. The van der Waals surface area contributed by atoms with Crippen LogP contribution in [0, 0.1) is 0 Å². The minimum Gasteiger partial charge on any atom is -0.298 e. The number of para-hydroxylation sites is 1. The lowest BCUT2D eigenvalue weighted by molar-refractivity contribution is 1.18. The van der Waals surface area contributed by atoms with Gasteiger partial charge in [0.1, 0.15) is 11.2 Å². The van der Waals surface area contributed by atoms with Crippen molar-refractivity contribution in [3.05, 3.63) is 212 Å². The summed E-state index contributed by atoms with van der Waals surface area (Å²) in [4.78, 5) is 20.6. The maximum Gasteiger partial charge on any atom is 0.160 e. The third-order valence-corrected chi connectivity index (χ3v) is 11.0. The van der Waals surface area contributed by atoms with Crippen molar-refractivity contribution >= 4 is 27.6 Å². The largest absolute Gasteiger partial charge is 0.298 e. The highest BCUT2D eigenvalue weighted by molar-refractivity contribution is 6.09. The summed E-state index contributed by atoms with van der Waals surface area (Å²) < 4.78 is 2.14. The molecule has 0 fully saturated rings. The number of imidazole rings is 1. The molecular formula is C54H35N5. The number of aromatic nitrogens is 5. The van der Waals surface area contributed by atoms with Gasteiger partial charge in [-0.3, -0.25) is 4.40 Å². The summed E-state index contributed by atoms with van der Waals surface area (Å²) >= 11 is 0. The zero-order chi connectivity index (χ0) is 39.1. The fourth-order valence-electron chi connectivity index (χ4n) is 8.04. The topological polar surface area (TPSA) is 56.0 Å². The summed E-state index contributed by atoms with van der Waals surface area (Å²) in [6.45, 7) is 0. The standard InChI is InChI=1S/C54H35N5/c1-3-13-36(14-4-1)42-17-11-19-44(33-42)48-35-49(45-20-12-18-43(34-45)37-15-5-2-6-16-37)57-54(56-48)41-30-26-39(27-31-41)38-24-28-40(29-25-38)51-53-52(46-21-7-8-22-47(46)55-51)58-50-23-9-10-32-59(50)53/h1-35H. The highest BCUT2D eigenvalue weighted by atomic mass is 15.0. The summed E-state index contributed by atoms with van der Waals surface area (Å²) in [6, 6.07) is 71.8. The van der Waals surface area contributed by atoms with Crippen molar-refractivity contribution in [1.82, 2.24) is 24.3 Å². The van der Waals surface area contributed by atoms with E-state index in [2.05, 4.69) is 174 Å². The summed E-state index contributed by atoms with van der Waals surface area (Å²) in [7, 11) is 0. The molecule has 0 radical (unpaired) electrons. The molecule has 4 aromatic heterocycles. The van der Waals surface area contributed by atoms with Gasteiger partial charge in [-0.05, 0) is 69.8 Å². The van der Waals surface area contributed by atoms with Crippen LogP contribution >= 0.6 is 0 Å². The van der Waals surface area contributed by atoms with Crippen LogP contribution in [0.15, 0.2) is 212 Å². The van der Waals surface area contributed by atoms with E-state index in [0.717, 1.165) is 89.2 Å². The maximum absolute atomic E-state index is 5.20. The van der Waals surface area contributed by atoms with E-state index >= 15 is 0 Å². The molecule has 0 saturated heterocycles. The smallest absolute Gasteiger partial charge is 0.160 e. The van der Waals surface area contributed by atoms with E-state index in [1.807, 2.05) is 42.5 Å². The first-order valence-electron chi connectivity index (χ1n) is 19.8. The summed E-state index contributed by atoms with van der Waals surface area (Å²) in [5.74, 6) is 0.675. The summed E-state index contributed by atoms with van der Waals surface area (Å²) in [6.07, 6.45) is 2.06. The number of rotatable bonds is 7. The van der Waals surface area contributed by atoms with Gasteiger partial charge in [0.05, 0.1) is 28.1 Å². The second kappa shape index (κ2) is 14.5. The lowest BCUT2D eigenvalue weighted by Gasteiger charge is -2.12. The van der Waals surface area contributed by atoms with Crippen LogP contribution in [0.25, 0.3) is 106 Å². The highest BCUT2D eigenvalue weighted by Gasteiger charge is 2.17. The van der Waals surface area contributed by atoms with E-state index in [1.165, 1.54) is 11.1 Å². The van der Waals surface area contributed by atoms with Crippen molar-refractivity contribution in [1.29, 1.82) is 0 Å². The molecule has 276 valence electrons. The monoisotopic (exact) mass is 753 g/mol. The van der Waals surface area contributed by atoms with Crippen molar-refractivity contribution in [3.8, 4) is 78.5 Å². The molecule has 0 bridgehead atoms. The molecule has 0 saturated carbocycles. The molecule has 0 aliphatic carbocycles. The lowest BCUT2D eigenvalue weighted by Crippen LogP contribution is -1.96. The Balaban J connectivity index is 0.966. The number of nitrogens with zero attached hydrogens (tertiary/aromatic N) is 5. The molecule has 0 atom stereocenters. The second-order valence-corrected chi connectivity index (χ2v) is 14.7. The van der Waals surface area contributed by atoms with E-state index < -0.39 is 0 Å². The van der Waals surface area contributed by atoms with Crippen molar-refractivity contribution < 1.29 is 0 Å². The molecule has 5 heteroatoms. The zero-order valence-corrected chi connectivity index (χ0v) is 31.9. The number of hydrogen-bond donors (Lipinski definition) is 0. The van der Waals surface area contributed by atoms with Crippen molar-refractivity contribution in [2.24, 2.45) is 0 Å². The molecule has 7 aromatic carbocycles. The molecular weight excluding hydrogens is 719 g/mol. The van der Waals surface area contributed by atoms with Crippen molar-refractivity contribution in [3.63, 3.8) is 0 Å². The Labute approximate surface area is 341 Å². The highest BCUT2D eigenvalue weighted by Crippen LogP contribution is 2.36. The number of benzene rings is 7. The fourth-order valence-corrected chi connectivity index (χ4v) is 8.04. The van der Waals surface area contributed by atoms with Crippen LogP contribution in [0.3, 0.4) is 0 Å². The maximum atomic E-state index is 5.20. The molecule has 11 rings (SSSR count). The Bertz CT molecular complexity index is 3200. The van der Waals surface area contributed by atoms with Gasteiger partial charge in [-0.1, -0.05) is 170 Å². The van der Waals surface area contributed by atoms with E-state index in [1.54, 1.807) is 0 Å². The first-order chi connectivity index (χ1) is 29.2. The van der Waals surface area contributed by atoms with Crippen LogP contribution in [0.1, 0.15) is 0 Å². The number of pyridine rings is 2. The lowest BCUT2D eigenvalue weighted by atomic mass is 9.98. The first kappa shape index (κ1) is 34.2. The third-order valence-electron chi connectivity index (χ3n) is 11.0. The van der Waals surface area contributed by atoms with Crippen molar-refractivity contribution in [2.75, 3.05) is 0 Å². The van der Waals surface area contributed by atoms with Gasteiger partial charge in [-0.15, -0.1) is 0 Å². The van der Waals surface area contributed by atoms with Crippen LogP contribution in [-0.2, 0) is 0 Å². The van der Waals surface area contributed by atoms with Crippen LogP contribution < -0.4 is 0 Å². The summed E-state index contributed by atoms with van der Waals surface area (Å²) in [5.41, 5.74) is 17.4. The van der Waals surface area contributed by atoms with Gasteiger partial charge in [0.2, 0.25) is 0 Å². The number of hydrogen-bond acceptors (Lipinski definition) is 4. The molecule has 5 nitrogen and oxygen atoms in total. The molecule has 0 aliphatic rings. The molecule has 0 spiro atoms. The van der Waals surface area contributed by atoms with E-state index in [9.17, 15) is 0 Å². The van der Waals surface area contributed by atoms with Crippen LogP contribution in [0.5, 0.6) is 0 Å². The third kappa shape index (κ3) is 6.41. The molecule has 11 aromatic rings. The van der Waals surface area contributed by atoms with E-state index in [4.69, 9.17) is 19.9 Å². The van der Waals surface area contributed by atoms with Gasteiger partial charge in [-0.25, -0.2) is 19.9 Å². The Hall–Kier alpha value is -8.02. The Morgan fingerprint density at radius 3 is 1.44 bits per heavy atom. The molecule has 0 aliphatic heterocycles. The van der Waals surface area contributed by atoms with E-state index in [-0.39, 0.29) is 0 Å². The normalized spacial score (nSPS) is 11.4. The predicted octanol–water partition coefficient (Wildman–Crippen LogP) is 13.5. The Morgan fingerprint density at radius 1 is 0.322 bits per heavy atom. The Morgan fingerprint density at radius 2 is 0.814 bits per heavy atom. The minimum absolute atomic E-state index is 0.675. The van der Waals surface area contributed by atoms with E-state index in [0.29, 0.717) is 5.82 Å². The molecule has 0 N–H and O–H groups in total. The first-order valence-corrected chi connectivity index (χ1v) is 19.8. The molecule has 0 unspecified atom stereocenters. The average Bonchev–Trinajstić information content (AvgIpc) is 3.72.